The average Bonchev–Trinajstić information content (AvgIpc) is 3.24. The van der Waals surface area contributed by atoms with Crippen LogP contribution in [-0.4, -0.2) is 31.7 Å². The van der Waals surface area contributed by atoms with Gasteiger partial charge >= 0.3 is 7.12 Å². The maximum absolute atomic E-state index is 10.2. The quantitative estimate of drug-likeness (QED) is 0.393. The van der Waals surface area contributed by atoms with Crippen molar-refractivity contribution >= 4 is 34.4 Å². The lowest BCUT2D eigenvalue weighted by atomic mass is 9.79. The summed E-state index contributed by atoms with van der Waals surface area (Å²) in [5.74, 6) is 0. The third-order valence-electron chi connectivity index (χ3n) is 6.10. The summed E-state index contributed by atoms with van der Waals surface area (Å²) in [6, 6.07) is 31.7. The summed E-state index contributed by atoms with van der Waals surface area (Å²) in [5, 5.41) is 22.4. The van der Waals surface area contributed by atoms with E-state index in [1.807, 2.05) is 60.7 Å². The van der Waals surface area contributed by atoms with Crippen molar-refractivity contribution in [3.05, 3.63) is 109 Å². The molecule has 6 aromatic rings. The van der Waals surface area contributed by atoms with Gasteiger partial charge in [0.1, 0.15) is 0 Å². The van der Waals surface area contributed by atoms with Gasteiger partial charge in [-0.1, -0.05) is 48.5 Å². The molecular formula is C28H20BN3O2. The second kappa shape index (κ2) is 8.26. The predicted molar refractivity (Wildman–Crippen MR) is 137 cm³/mol. The maximum Gasteiger partial charge on any atom is 0.490 e. The second-order valence-electron chi connectivity index (χ2n) is 8.17. The minimum absolute atomic E-state index is 0.455. The predicted octanol–water partition coefficient (Wildman–Crippen LogP) is 4.59. The van der Waals surface area contributed by atoms with Gasteiger partial charge in [0.25, 0.3) is 0 Å². The number of fused-ring (bicyclic) bond motifs is 3. The molecule has 0 radical (unpaired) electrons. The zero-order valence-electron chi connectivity index (χ0n) is 18.2. The standard InChI is InChI=1S/C28H20BN3O2/c33-29(34)24-10-7-9-23-22-8-1-2-13-27(22)32(28(23)24)21-17-19(25-11-3-5-14-30-25)16-20(18-21)26-12-4-6-15-31-26/h1-18,33-34H. The summed E-state index contributed by atoms with van der Waals surface area (Å²) in [6.45, 7) is 0. The van der Waals surface area contributed by atoms with Crippen LogP contribution in [0.3, 0.4) is 0 Å². The van der Waals surface area contributed by atoms with E-state index in [9.17, 15) is 10.0 Å². The summed E-state index contributed by atoms with van der Waals surface area (Å²) in [7, 11) is -1.60. The Kier molecular flexibility index (Phi) is 4.95. The molecule has 2 N–H and O–H groups in total. The van der Waals surface area contributed by atoms with Crippen molar-refractivity contribution in [2.75, 3.05) is 0 Å². The molecule has 0 atom stereocenters. The second-order valence-corrected chi connectivity index (χ2v) is 8.17. The molecule has 3 aromatic carbocycles. The number of nitrogens with zero attached hydrogens (tertiary/aromatic N) is 3. The van der Waals surface area contributed by atoms with E-state index < -0.39 is 7.12 Å². The molecule has 6 rings (SSSR count). The number of benzene rings is 3. The van der Waals surface area contributed by atoms with Gasteiger partial charge in [-0.2, -0.15) is 0 Å². The van der Waals surface area contributed by atoms with Crippen LogP contribution in [0, 0.1) is 0 Å². The first-order chi connectivity index (χ1) is 16.7. The minimum Gasteiger partial charge on any atom is -0.423 e. The number of pyridine rings is 2. The fourth-order valence-corrected chi connectivity index (χ4v) is 4.62. The van der Waals surface area contributed by atoms with Crippen molar-refractivity contribution in [1.29, 1.82) is 0 Å². The number of hydrogen-bond acceptors (Lipinski definition) is 4. The van der Waals surface area contributed by atoms with Crippen LogP contribution < -0.4 is 5.46 Å². The van der Waals surface area contributed by atoms with Crippen molar-refractivity contribution in [2.24, 2.45) is 0 Å². The molecule has 0 aliphatic rings. The third kappa shape index (κ3) is 3.37. The fourth-order valence-electron chi connectivity index (χ4n) is 4.62. The Bertz CT molecular complexity index is 1570. The van der Waals surface area contributed by atoms with Crippen molar-refractivity contribution in [2.45, 2.75) is 0 Å². The molecule has 162 valence electrons. The molecule has 34 heavy (non-hydrogen) atoms. The summed E-state index contributed by atoms with van der Waals surface area (Å²) >= 11 is 0. The van der Waals surface area contributed by atoms with Gasteiger partial charge in [0.2, 0.25) is 0 Å². The van der Waals surface area contributed by atoms with E-state index in [1.165, 1.54) is 0 Å². The first-order valence-electron chi connectivity index (χ1n) is 11.1. The van der Waals surface area contributed by atoms with E-state index in [0.717, 1.165) is 50.0 Å². The summed E-state index contributed by atoms with van der Waals surface area (Å²) in [4.78, 5) is 9.13. The van der Waals surface area contributed by atoms with Crippen LogP contribution in [0.1, 0.15) is 0 Å². The first-order valence-corrected chi connectivity index (χ1v) is 11.1. The molecule has 3 aromatic heterocycles. The van der Waals surface area contributed by atoms with Crippen molar-refractivity contribution in [3.63, 3.8) is 0 Å². The van der Waals surface area contributed by atoms with Crippen LogP contribution in [0.4, 0.5) is 0 Å². The largest absolute Gasteiger partial charge is 0.490 e. The van der Waals surface area contributed by atoms with Gasteiger partial charge in [0.15, 0.2) is 0 Å². The zero-order valence-corrected chi connectivity index (χ0v) is 18.2. The highest BCUT2D eigenvalue weighted by atomic mass is 16.4. The monoisotopic (exact) mass is 441 g/mol. The highest BCUT2D eigenvalue weighted by Crippen LogP contribution is 2.34. The number of rotatable bonds is 4. The van der Waals surface area contributed by atoms with Crippen molar-refractivity contribution in [1.82, 2.24) is 14.5 Å². The molecule has 0 spiro atoms. The smallest absolute Gasteiger partial charge is 0.423 e. The molecular weight excluding hydrogens is 421 g/mol. The Morgan fingerprint density at radius 2 is 1.24 bits per heavy atom. The van der Waals surface area contributed by atoms with Gasteiger partial charge in [-0.3, -0.25) is 9.97 Å². The molecule has 0 aliphatic carbocycles. The number of aromatic nitrogens is 3. The van der Waals surface area contributed by atoms with Crippen LogP contribution >= 0.6 is 0 Å². The minimum atomic E-state index is -1.60. The van der Waals surface area contributed by atoms with E-state index in [-0.39, 0.29) is 0 Å². The third-order valence-corrected chi connectivity index (χ3v) is 6.10. The lowest BCUT2D eigenvalue weighted by Crippen LogP contribution is -2.31. The molecule has 0 unspecified atom stereocenters. The lowest BCUT2D eigenvalue weighted by molar-refractivity contribution is 0.426. The topological polar surface area (TPSA) is 71.2 Å². The molecule has 0 saturated heterocycles. The summed E-state index contributed by atoms with van der Waals surface area (Å²) in [5.41, 5.74) is 6.70. The van der Waals surface area contributed by atoms with Gasteiger partial charge in [-0.25, -0.2) is 0 Å². The van der Waals surface area contributed by atoms with E-state index in [4.69, 9.17) is 0 Å². The van der Waals surface area contributed by atoms with Crippen molar-refractivity contribution in [3.8, 4) is 28.2 Å². The number of para-hydroxylation sites is 2. The summed E-state index contributed by atoms with van der Waals surface area (Å²) < 4.78 is 2.10. The molecule has 3 heterocycles. The maximum atomic E-state index is 10.2. The molecule has 6 heteroatoms. The van der Waals surface area contributed by atoms with Crippen LogP contribution in [0.25, 0.3) is 50.0 Å². The van der Waals surface area contributed by atoms with Crippen LogP contribution in [-0.2, 0) is 0 Å². The summed E-state index contributed by atoms with van der Waals surface area (Å²) in [6.07, 6.45) is 3.56. The van der Waals surface area contributed by atoms with Gasteiger partial charge in [-0.05, 0) is 48.5 Å². The first kappa shape index (κ1) is 20.4. The molecule has 0 aliphatic heterocycles. The molecule has 0 fully saturated rings. The Balaban J connectivity index is 1.73. The van der Waals surface area contributed by atoms with Crippen molar-refractivity contribution < 1.29 is 10.0 Å². The van der Waals surface area contributed by atoms with E-state index in [0.29, 0.717) is 5.46 Å². The SMILES string of the molecule is OB(O)c1cccc2c3ccccc3n(-c3cc(-c4ccccn4)cc(-c4ccccn4)c3)c12. The normalized spacial score (nSPS) is 11.2. The van der Waals surface area contributed by atoms with E-state index in [2.05, 4.69) is 44.9 Å². The Morgan fingerprint density at radius 3 is 1.85 bits per heavy atom. The molecule has 0 bridgehead atoms. The molecule has 5 nitrogen and oxygen atoms in total. The Hall–Kier alpha value is -4.26. The molecule has 0 saturated carbocycles. The van der Waals surface area contributed by atoms with Crippen LogP contribution in [0.2, 0.25) is 0 Å². The van der Waals surface area contributed by atoms with Gasteiger partial charge in [0.05, 0.1) is 22.4 Å². The Labute approximate surface area is 196 Å². The van der Waals surface area contributed by atoms with E-state index >= 15 is 0 Å². The van der Waals surface area contributed by atoms with E-state index in [1.54, 1.807) is 18.5 Å². The van der Waals surface area contributed by atoms with Crippen LogP contribution in [0.5, 0.6) is 0 Å². The van der Waals surface area contributed by atoms with Gasteiger partial charge < -0.3 is 14.6 Å². The molecule has 0 amide bonds. The fraction of sp³-hybridized carbons (Fsp3) is 0. The van der Waals surface area contributed by atoms with Gasteiger partial charge in [0, 0.05) is 45.4 Å². The average molecular weight is 441 g/mol. The highest BCUT2D eigenvalue weighted by molar-refractivity contribution is 6.62. The zero-order chi connectivity index (χ0) is 23.1. The highest BCUT2D eigenvalue weighted by Gasteiger charge is 2.22. The Morgan fingerprint density at radius 1 is 0.618 bits per heavy atom. The van der Waals surface area contributed by atoms with Crippen LogP contribution in [0.15, 0.2) is 109 Å². The number of hydrogen-bond donors (Lipinski definition) is 2. The lowest BCUT2D eigenvalue weighted by Gasteiger charge is -2.14. The van der Waals surface area contributed by atoms with Gasteiger partial charge in [-0.15, -0.1) is 0 Å².